The molecule has 0 unspecified atom stereocenters. The lowest BCUT2D eigenvalue weighted by atomic mass is 10.2. The van der Waals surface area contributed by atoms with E-state index in [9.17, 15) is 0 Å². The van der Waals surface area contributed by atoms with Gasteiger partial charge in [0.1, 0.15) is 5.82 Å². The van der Waals surface area contributed by atoms with E-state index in [1.807, 2.05) is 36.4 Å². The number of nitrogens with zero attached hydrogens (tertiary/aromatic N) is 1. The van der Waals surface area contributed by atoms with Crippen LogP contribution in [0.15, 0.2) is 42.6 Å². The Hall–Kier alpha value is -1.87. The van der Waals surface area contributed by atoms with Gasteiger partial charge in [-0.05, 0) is 30.7 Å². The lowest BCUT2D eigenvalue weighted by Crippen LogP contribution is -1.94. The highest BCUT2D eigenvalue weighted by Crippen LogP contribution is 2.15. The minimum atomic E-state index is 0.0256. The third-order valence-electron chi connectivity index (χ3n) is 2.33. The quantitative estimate of drug-likeness (QED) is 0.825. The Bertz CT molecular complexity index is 448. The molecule has 1 heterocycles. The summed E-state index contributed by atoms with van der Waals surface area (Å²) in [6.45, 7) is 2.08. The number of aryl methyl sites for hydroxylation is 1. The zero-order valence-electron chi connectivity index (χ0n) is 9.14. The van der Waals surface area contributed by atoms with Gasteiger partial charge in [-0.15, -0.1) is 0 Å². The fourth-order valence-corrected chi connectivity index (χ4v) is 1.38. The molecule has 82 valence electrons. The summed E-state index contributed by atoms with van der Waals surface area (Å²) < 4.78 is 0. The normalized spacial score (nSPS) is 10.1. The van der Waals surface area contributed by atoms with Crippen molar-refractivity contribution in [2.45, 2.75) is 13.5 Å². The van der Waals surface area contributed by atoms with Gasteiger partial charge in [0, 0.05) is 11.9 Å². The van der Waals surface area contributed by atoms with Gasteiger partial charge in [0.15, 0.2) is 0 Å². The standard InChI is InChI=1S/C13H14N2O/c1-10-2-5-12(6-3-10)15-13-7-4-11(9-16)8-14-13/h2-8,16H,9H2,1H3,(H,14,15). The molecule has 0 spiro atoms. The van der Waals surface area contributed by atoms with Gasteiger partial charge < -0.3 is 10.4 Å². The van der Waals surface area contributed by atoms with Crippen molar-refractivity contribution in [2.24, 2.45) is 0 Å². The maximum atomic E-state index is 8.89. The predicted molar refractivity (Wildman–Crippen MR) is 64.6 cm³/mol. The predicted octanol–water partition coefficient (Wildman–Crippen LogP) is 2.63. The molecule has 0 aliphatic carbocycles. The maximum absolute atomic E-state index is 8.89. The highest BCUT2D eigenvalue weighted by molar-refractivity contribution is 5.56. The van der Waals surface area contributed by atoms with Crippen molar-refractivity contribution in [1.29, 1.82) is 0 Å². The SMILES string of the molecule is Cc1ccc(Nc2ccc(CO)cn2)cc1. The Morgan fingerprint density at radius 2 is 1.88 bits per heavy atom. The van der Waals surface area contributed by atoms with Crippen LogP contribution in [0.1, 0.15) is 11.1 Å². The van der Waals surface area contributed by atoms with Crippen LogP contribution in [-0.4, -0.2) is 10.1 Å². The Morgan fingerprint density at radius 1 is 1.12 bits per heavy atom. The van der Waals surface area contributed by atoms with E-state index in [0.29, 0.717) is 0 Å². The number of pyridine rings is 1. The lowest BCUT2D eigenvalue weighted by molar-refractivity contribution is 0.281. The molecule has 0 bridgehead atoms. The van der Waals surface area contributed by atoms with E-state index in [-0.39, 0.29) is 6.61 Å². The summed E-state index contributed by atoms with van der Waals surface area (Å²) in [5.74, 6) is 0.779. The number of aliphatic hydroxyl groups is 1. The molecule has 3 heteroatoms. The van der Waals surface area contributed by atoms with Crippen LogP contribution in [-0.2, 0) is 6.61 Å². The van der Waals surface area contributed by atoms with Gasteiger partial charge in [-0.3, -0.25) is 0 Å². The van der Waals surface area contributed by atoms with Crippen molar-refractivity contribution >= 4 is 11.5 Å². The first-order chi connectivity index (χ1) is 7.78. The van der Waals surface area contributed by atoms with Crippen LogP contribution in [0.25, 0.3) is 0 Å². The van der Waals surface area contributed by atoms with Crippen LogP contribution < -0.4 is 5.32 Å². The van der Waals surface area contributed by atoms with E-state index in [4.69, 9.17) is 5.11 Å². The van der Waals surface area contributed by atoms with Crippen molar-refractivity contribution in [1.82, 2.24) is 4.98 Å². The average molecular weight is 214 g/mol. The van der Waals surface area contributed by atoms with Crippen molar-refractivity contribution in [3.63, 3.8) is 0 Å². The number of aliphatic hydroxyl groups excluding tert-OH is 1. The summed E-state index contributed by atoms with van der Waals surface area (Å²) in [6, 6.07) is 11.8. The number of benzene rings is 1. The summed E-state index contributed by atoms with van der Waals surface area (Å²) in [4.78, 5) is 4.20. The van der Waals surface area contributed by atoms with Crippen LogP contribution in [0, 0.1) is 6.92 Å². The average Bonchev–Trinajstić information content (AvgIpc) is 2.33. The number of rotatable bonds is 3. The van der Waals surface area contributed by atoms with E-state index < -0.39 is 0 Å². The van der Waals surface area contributed by atoms with E-state index in [1.165, 1.54) is 5.56 Å². The Labute approximate surface area is 94.8 Å². The van der Waals surface area contributed by atoms with Gasteiger partial charge in [0.25, 0.3) is 0 Å². The first kappa shape index (κ1) is 10.6. The minimum absolute atomic E-state index is 0.0256. The largest absolute Gasteiger partial charge is 0.392 e. The molecule has 1 aromatic carbocycles. The van der Waals surface area contributed by atoms with Gasteiger partial charge >= 0.3 is 0 Å². The maximum Gasteiger partial charge on any atom is 0.130 e. The monoisotopic (exact) mass is 214 g/mol. The second-order valence-electron chi connectivity index (χ2n) is 3.70. The highest BCUT2D eigenvalue weighted by Gasteiger charge is 1.96. The third-order valence-corrected chi connectivity index (χ3v) is 2.33. The molecule has 1 aromatic heterocycles. The smallest absolute Gasteiger partial charge is 0.130 e. The Morgan fingerprint density at radius 3 is 2.44 bits per heavy atom. The van der Waals surface area contributed by atoms with Gasteiger partial charge in [0.05, 0.1) is 6.61 Å². The fourth-order valence-electron chi connectivity index (χ4n) is 1.38. The molecule has 2 rings (SSSR count). The molecule has 2 N–H and O–H groups in total. The molecule has 0 saturated carbocycles. The van der Waals surface area contributed by atoms with E-state index in [0.717, 1.165) is 17.1 Å². The van der Waals surface area contributed by atoms with E-state index in [2.05, 4.69) is 17.2 Å². The highest BCUT2D eigenvalue weighted by atomic mass is 16.3. The summed E-state index contributed by atoms with van der Waals surface area (Å²) in [7, 11) is 0. The van der Waals surface area contributed by atoms with Gasteiger partial charge in [-0.2, -0.15) is 0 Å². The van der Waals surface area contributed by atoms with Gasteiger partial charge in [-0.25, -0.2) is 4.98 Å². The van der Waals surface area contributed by atoms with Gasteiger partial charge in [-0.1, -0.05) is 23.8 Å². The molecule has 16 heavy (non-hydrogen) atoms. The summed E-state index contributed by atoms with van der Waals surface area (Å²) in [5.41, 5.74) is 3.05. The lowest BCUT2D eigenvalue weighted by Gasteiger charge is -2.06. The second kappa shape index (κ2) is 4.77. The second-order valence-corrected chi connectivity index (χ2v) is 3.70. The first-order valence-corrected chi connectivity index (χ1v) is 5.17. The van der Waals surface area contributed by atoms with Crippen molar-refractivity contribution in [2.75, 3.05) is 5.32 Å². The molecule has 0 saturated heterocycles. The van der Waals surface area contributed by atoms with Crippen molar-refractivity contribution < 1.29 is 5.11 Å². The number of hydrogen-bond acceptors (Lipinski definition) is 3. The van der Waals surface area contributed by atoms with Crippen LogP contribution in [0.4, 0.5) is 11.5 Å². The van der Waals surface area contributed by atoms with Crippen LogP contribution in [0.3, 0.4) is 0 Å². The molecule has 0 fully saturated rings. The van der Waals surface area contributed by atoms with Crippen molar-refractivity contribution in [3.05, 3.63) is 53.7 Å². The number of anilines is 2. The number of nitrogens with one attached hydrogen (secondary N) is 1. The van der Waals surface area contributed by atoms with E-state index >= 15 is 0 Å². The fraction of sp³-hybridized carbons (Fsp3) is 0.154. The van der Waals surface area contributed by atoms with Crippen molar-refractivity contribution in [3.8, 4) is 0 Å². The molecule has 2 aromatic rings. The third kappa shape index (κ3) is 2.58. The molecule has 0 atom stereocenters. The van der Waals surface area contributed by atoms with Crippen LogP contribution >= 0.6 is 0 Å². The molecule has 0 amide bonds. The first-order valence-electron chi connectivity index (χ1n) is 5.17. The summed E-state index contributed by atoms with van der Waals surface area (Å²) >= 11 is 0. The van der Waals surface area contributed by atoms with Gasteiger partial charge in [0.2, 0.25) is 0 Å². The zero-order chi connectivity index (χ0) is 11.4. The molecule has 3 nitrogen and oxygen atoms in total. The minimum Gasteiger partial charge on any atom is -0.392 e. The molecule has 0 aliphatic rings. The Balaban J connectivity index is 2.11. The molecule has 0 aliphatic heterocycles. The van der Waals surface area contributed by atoms with Crippen LogP contribution in [0.5, 0.6) is 0 Å². The number of aromatic nitrogens is 1. The topological polar surface area (TPSA) is 45.1 Å². The summed E-state index contributed by atoms with van der Waals surface area (Å²) in [5, 5.41) is 12.1. The van der Waals surface area contributed by atoms with E-state index in [1.54, 1.807) is 6.20 Å². The number of hydrogen-bond donors (Lipinski definition) is 2. The molecular formula is C13H14N2O. The molecule has 0 radical (unpaired) electrons. The molecular weight excluding hydrogens is 200 g/mol. The van der Waals surface area contributed by atoms with Crippen LogP contribution in [0.2, 0.25) is 0 Å². The Kier molecular flexibility index (Phi) is 3.17. The zero-order valence-corrected chi connectivity index (χ0v) is 9.14. The summed E-state index contributed by atoms with van der Waals surface area (Å²) in [6.07, 6.45) is 1.66.